The second-order valence-electron chi connectivity index (χ2n) is 4.76. The largest absolute Gasteiger partial charge is 0.432 e. The van der Waals surface area contributed by atoms with Crippen LogP contribution in [0.2, 0.25) is 0 Å². The van der Waals surface area contributed by atoms with Crippen molar-refractivity contribution < 1.29 is 4.42 Å². The van der Waals surface area contributed by atoms with Gasteiger partial charge in [0.05, 0.1) is 12.2 Å². The molecule has 19 heavy (non-hydrogen) atoms. The average Bonchev–Trinajstić information content (AvgIpc) is 3.06. The highest BCUT2D eigenvalue weighted by Crippen LogP contribution is 2.19. The molecule has 2 aromatic rings. The van der Waals surface area contributed by atoms with Gasteiger partial charge in [0, 0.05) is 32.0 Å². The molecule has 0 saturated heterocycles. The Morgan fingerprint density at radius 1 is 1.42 bits per heavy atom. The monoisotopic (exact) mass is 261 g/mol. The third kappa shape index (κ3) is 2.63. The van der Waals surface area contributed by atoms with Crippen LogP contribution >= 0.6 is 0 Å². The molecule has 0 unspecified atom stereocenters. The van der Waals surface area contributed by atoms with E-state index in [4.69, 9.17) is 4.42 Å². The van der Waals surface area contributed by atoms with E-state index in [1.165, 1.54) is 0 Å². The number of fused-ring (bicyclic) bond motifs is 1. The molecule has 0 aromatic carbocycles. The van der Waals surface area contributed by atoms with Gasteiger partial charge in [-0.1, -0.05) is 6.92 Å². The quantitative estimate of drug-likeness (QED) is 0.824. The fourth-order valence-corrected chi connectivity index (χ4v) is 2.25. The number of oxazole rings is 1. The van der Waals surface area contributed by atoms with E-state index < -0.39 is 0 Å². The van der Waals surface area contributed by atoms with Gasteiger partial charge in [0.2, 0.25) is 0 Å². The molecule has 1 aliphatic rings. The van der Waals surface area contributed by atoms with Gasteiger partial charge in [-0.2, -0.15) is 4.98 Å². The van der Waals surface area contributed by atoms with Crippen molar-refractivity contribution in [1.29, 1.82) is 0 Å². The fraction of sp³-hybridized carbons (Fsp3) is 0.538. The van der Waals surface area contributed by atoms with Crippen LogP contribution in [0.25, 0.3) is 0 Å². The van der Waals surface area contributed by atoms with Crippen LogP contribution in [0.1, 0.15) is 24.9 Å². The zero-order valence-electron chi connectivity index (χ0n) is 11.2. The average molecular weight is 261 g/mol. The Labute approximate surface area is 112 Å². The number of anilines is 1. The molecule has 102 valence electrons. The van der Waals surface area contributed by atoms with Crippen LogP contribution < -0.4 is 10.2 Å². The van der Waals surface area contributed by atoms with Crippen molar-refractivity contribution in [2.75, 3.05) is 18.0 Å². The lowest BCUT2D eigenvalue weighted by Crippen LogP contribution is -2.33. The highest BCUT2D eigenvalue weighted by molar-refractivity contribution is 5.29. The van der Waals surface area contributed by atoms with Crippen LogP contribution in [0, 0.1) is 0 Å². The highest BCUT2D eigenvalue weighted by Gasteiger charge is 2.20. The smallest absolute Gasteiger partial charge is 0.297 e. The fourth-order valence-electron chi connectivity index (χ4n) is 2.25. The van der Waals surface area contributed by atoms with Gasteiger partial charge in [-0.15, -0.1) is 0 Å². The second-order valence-corrected chi connectivity index (χ2v) is 4.76. The summed E-state index contributed by atoms with van der Waals surface area (Å²) in [5.74, 6) is 1.06. The molecule has 6 heteroatoms. The van der Waals surface area contributed by atoms with Gasteiger partial charge in [-0.3, -0.25) is 0 Å². The highest BCUT2D eigenvalue weighted by atomic mass is 16.4. The van der Waals surface area contributed by atoms with Crippen LogP contribution in [0.4, 0.5) is 6.01 Å². The summed E-state index contributed by atoms with van der Waals surface area (Å²) in [6, 6.07) is 0.697. The van der Waals surface area contributed by atoms with E-state index in [2.05, 4.69) is 31.7 Å². The summed E-state index contributed by atoms with van der Waals surface area (Å²) in [5, 5.41) is 3.32. The number of rotatable bonds is 5. The first-order valence-electron chi connectivity index (χ1n) is 6.77. The first kappa shape index (κ1) is 12.2. The molecule has 2 aromatic heterocycles. The molecule has 0 aliphatic carbocycles. The normalized spacial score (nSPS) is 14.7. The first-order chi connectivity index (χ1) is 9.36. The van der Waals surface area contributed by atoms with E-state index in [1.54, 1.807) is 6.26 Å². The lowest BCUT2D eigenvalue weighted by atomic mass is 10.4. The number of nitrogens with zero attached hydrogens (tertiary/aromatic N) is 4. The molecular weight excluding hydrogens is 242 g/mol. The minimum absolute atomic E-state index is 0.697. The van der Waals surface area contributed by atoms with Crippen molar-refractivity contribution in [2.24, 2.45) is 0 Å². The Balaban J connectivity index is 1.64. The molecule has 1 aliphatic heterocycles. The molecule has 0 spiro atoms. The van der Waals surface area contributed by atoms with E-state index in [0.717, 1.165) is 50.7 Å². The van der Waals surface area contributed by atoms with Crippen molar-refractivity contribution in [3.05, 3.63) is 30.2 Å². The Bertz CT molecular complexity index is 533. The Hall–Kier alpha value is -1.82. The lowest BCUT2D eigenvalue weighted by Gasteiger charge is -2.25. The van der Waals surface area contributed by atoms with Crippen LogP contribution in [0.3, 0.4) is 0 Å². The third-order valence-electron chi connectivity index (χ3n) is 3.29. The minimum atomic E-state index is 0.697. The second kappa shape index (κ2) is 5.44. The lowest BCUT2D eigenvalue weighted by molar-refractivity contribution is 0.484. The summed E-state index contributed by atoms with van der Waals surface area (Å²) in [6.07, 6.45) is 6.72. The zero-order chi connectivity index (χ0) is 13.1. The number of nitrogens with one attached hydrogen (secondary N) is 1. The van der Waals surface area contributed by atoms with Crippen molar-refractivity contribution in [3.63, 3.8) is 0 Å². The molecule has 0 fully saturated rings. The van der Waals surface area contributed by atoms with E-state index >= 15 is 0 Å². The number of aromatic nitrogens is 3. The molecule has 6 nitrogen and oxygen atoms in total. The van der Waals surface area contributed by atoms with Crippen LogP contribution in [-0.2, 0) is 19.6 Å². The summed E-state index contributed by atoms with van der Waals surface area (Å²) in [4.78, 5) is 11.0. The van der Waals surface area contributed by atoms with E-state index in [1.807, 2.05) is 12.4 Å². The van der Waals surface area contributed by atoms with Gasteiger partial charge >= 0.3 is 0 Å². The van der Waals surface area contributed by atoms with Crippen LogP contribution in [-0.4, -0.2) is 27.6 Å². The van der Waals surface area contributed by atoms with Crippen molar-refractivity contribution in [2.45, 2.75) is 33.0 Å². The molecular formula is C13H19N5O. The molecule has 3 heterocycles. The van der Waals surface area contributed by atoms with E-state index in [0.29, 0.717) is 6.01 Å². The van der Waals surface area contributed by atoms with Gasteiger partial charge < -0.3 is 19.2 Å². The Morgan fingerprint density at radius 3 is 3.26 bits per heavy atom. The standard InChI is InChI=1S/C13H19N5O/c1-2-3-14-8-11-10-19-13(16-11)18-7-6-17-5-4-15-12(17)9-18/h4-5,10,14H,2-3,6-9H2,1H3. The van der Waals surface area contributed by atoms with Crippen molar-refractivity contribution in [1.82, 2.24) is 19.9 Å². The molecule has 0 bridgehead atoms. The first-order valence-corrected chi connectivity index (χ1v) is 6.77. The summed E-state index contributed by atoms with van der Waals surface area (Å²) < 4.78 is 7.73. The number of imidazole rings is 1. The van der Waals surface area contributed by atoms with E-state index in [9.17, 15) is 0 Å². The Kier molecular flexibility index (Phi) is 3.50. The predicted molar refractivity (Wildman–Crippen MR) is 71.8 cm³/mol. The third-order valence-corrected chi connectivity index (χ3v) is 3.29. The molecule has 1 N–H and O–H groups in total. The summed E-state index contributed by atoms with van der Waals surface area (Å²) in [6.45, 7) is 6.52. The number of hydrogen-bond donors (Lipinski definition) is 1. The molecule has 0 saturated carbocycles. The SMILES string of the molecule is CCCNCc1coc(N2CCn3ccnc3C2)n1. The maximum Gasteiger partial charge on any atom is 0.297 e. The molecule has 3 rings (SSSR count). The van der Waals surface area contributed by atoms with Gasteiger partial charge in [0.25, 0.3) is 6.01 Å². The van der Waals surface area contributed by atoms with E-state index in [-0.39, 0.29) is 0 Å². The van der Waals surface area contributed by atoms with Gasteiger partial charge in [-0.25, -0.2) is 4.98 Å². The van der Waals surface area contributed by atoms with Gasteiger partial charge in [0.15, 0.2) is 0 Å². The van der Waals surface area contributed by atoms with Gasteiger partial charge in [0.1, 0.15) is 12.1 Å². The summed E-state index contributed by atoms with van der Waals surface area (Å²) in [7, 11) is 0. The maximum absolute atomic E-state index is 5.56. The Morgan fingerprint density at radius 2 is 2.37 bits per heavy atom. The molecule has 0 atom stereocenters. The predicted octanol–water partition coefficient (Wildman–Crippen LogP) is 1.39. The molecule has 0 radical (unpaired) electrons. The zero-order valence-corrected chi connectivity index (χ0v) is 11.2. The van der Waals surface area contributed by atoms with Crippen molar-refractivity contribution >= 4 is 6.01 Å². The summed E-state index contributed by atoms with van der Waals surface area (Å²) in [5.41, 5.74) is 0.956. The topological polar surface area (TPSA) is 59.1 Å². The molecule has 0 amide bonds. The van der Waals surface area contributed by atoms with Crippen molar-refractivity contribution in [3.8, 4) is 0 Å². The minimum Gasteiger partial charge on any atom is -0.432 e. The maximum atomic E-state index is 5.56. The number of hydrogen-bond acceptors (Lipinski definition) is 5. The van der Waals surface area contributed by atoms with Crippen LogP contribution in [0.15, 0.2) is 23.1 Å². The summed E-state index contributed by atoms with van der Waals surface area (Å²) >= 11 is 0. The van der Waals surface area contributed by atoms with Gasteiger partial charge in [-0.05, 0) is 13.0 Å². The van der Waals surface area contributed by atoms with Crippen LogP contribution in [0.5, 0.6) is 0 Å².